The van der Waals surface area contributed by atoms with Crippen molar-refractivity contribution >= 4 is 23.6 Å². The molecular weight excluding hydrogens is 262 g/mol. The summed E-state index contributed by atoms with van der Waals surface area (Å²) in [6.45, 7) is 2.06. The van der Waals surface area contributed by atoms with E-state index in [1.165, 1.54) is 10.5 Å². The number of carboxylic acids is 1. The quantitative estimate of drug-likeness (QED) is 0.864. The molecule has 1 aromatic rings. The summed E-state index contributed by atoms with van der Waals surface area (Å²) in [6.07, 6.45) is 1.21. The van der Waals surface area contributed by atoms with E-state index < -0.39 is 11.9 Å². The van der Waals surface area contributed by atoms with Gasteiger partial charge in [-0.05, 0) is 24.5 Å². The fourth-order valence-electron chi connectivity index (χ4n) is 1.98. The molecule has 2 rings (SSSR count). The zero-order valence-electron chi connectivity index (χ0n) is 10.8. The lowest BCUT2D eigenvalue weighted by atomic mass is 10.1. The Bertz CT molecular complexity index is 464. The summed E-state index contributed by atoms with van der Waals surface area (Å²) in [5, 5.41) is 11.5. The molecule has 0 saturated carbocycles. The number of benzene rings is 1. The highest BCUT2D eigenvalue weighted by Gasteiger charge is 2.27. The van der Waals surface area contributed by atoms with Gasteiger partial charge in [0.25, 0.3) is 0 Å². The predicted octanol–water partition coefficient (Wildman–Crippen LogP) is 1.93. The maximum atomic E-state index is 12.0. The Labute approximate surface area is 116 Å². The Morgan fingerprint density at radius 2 is 2.21 bits per heavy atom. The smallest absolute Gasteiger partial charge is 0.306 e. The number of rotatable bonds is 5. The molecule has 0 spiro atoms. The molecule has 2 N–H and O–H groups in total. The largest absolute Gasteiger partial charge is 0.481 e. The second-order valence-electron chi connectivity index (χ2n) is 4.74. The molecule has 0 fully saturated rings. The highest BCUT2D eigenvalue weighted by Crippen LogP contribution is 2.36. The first-order valence-corrected chi connectivity index (χ1v) is 7.21. The van der Waals surface area contributed by atoms with Gasteiger partial charge in [-0.25, -0.2) is 0 Å². The van der Waals surface area contributed by atoms with Crippen LogP contribution in [0.2, 0.25) is 0 Å². The molecule has 0 saturated heterocycles. The summed E-state index contributed by atoms with van der Waals surface area (Å²) in [5.74, 6) is -1.25. The molecule has 1 heterocycles. The second kappa shape index (κ2) is 6.10. The van der Waals surface area contributed by atoms with E-state index in [-0.39, 0.29) is 11.2 Å². The lowest BCUT2D eigenvalue weighted by Crippen LogP contribution is -2.34. The zero-order valence-corrected chi connectivity index (χ0v) is 11.6. The van der Waals surface area contributed by atoms with Crippen LogP contribution in [0.25, 0.3) is 0 Å². The molecule has 0 aromatic heterocycles. The molecule has 0 radical (unpaired) electrons. The standard InChI is InChI=1S/C14H17NO3S/c1-9(14(17)18)6-7-15-13(16)12-8-10-4-2-3-5-11(10)19-12/h2-5,9,12H,6-8H2,1H3,(H,15,16)(H,17,18). The summed E-state index contributed by atoms with van der Waals surface area (Å²) in [4.78, 5) is 23.8. The van der Waals surface area contributed by atoms with Gasteiger partial charge < -0.3 is 10.4 Å². The Balaban J connectivity index is 1.79. The van der Waals surface area contributed by atoms with Gasteiger partial charge in [-0.15, -0.1) is 11.8 Å². The first-order chi connectivity index (χ1) is 9.08. The van der Waals surface area contributed by atoms with Gasteiger partial charge in [0.1, 0.15) is 0 Å². The summed E-state index contributed by atoms with van der Waals surface area (Å²) >= 11 is 1.58. The Morgan fingerprint density at radius 1 is 1.47 bits per heavy atom. The minimum atomic E-state index is -0.822. The molecule has 5 heteroatoms. The van der Waals surface area contributed by atoms with Crippen molar-refractivity contribution in [2.75, 3.05) is 6.54 Å². The lowest BCUT2D eigenvalue weighted by molar-refractivity contribution is -0.141. The van der Waals surface area contributed by atoms with Crippen molar-refractivity contribution in [1.29, 1.82) is 0 Å². The number of thioether (sulfide) groups is 1. The van der Waals surface area contributed by atoms with Gasteiger partial charge in [-0.3, -0.25) is 9.59 Å². The van der Waals surface area contributed by atoms with Gasteiger partial charge in [-0.1, -0.05) is 25.1 Å². The van der Waals surface area contributed by atoms with Gasteiger partial charge in [0, 0.05) is 11.4 Å². The van der Waals surface area contributed by atoms with Crippen LogP contribution in [0.3, 0.4) is 0 Å². The van der Waals surface area contributed by atoms with Crippen LogP contribution in [0, 0.1) is 5.92 Å². The van der Waals surface area contributed by atoms with Crippen LogP contribution in [0.15, 0.2) is 29.2 Å². The molecule has 19 heavy (non-hydrogen) atoms. The molecule has 1 amide bonds. The molecule has 2 atom stereocenters. The number of carbonyl (C=O) groups is 2. The minimum absolute atomic E-state index is 0.00112. The molecule has 0 aliphatic carbocycles. The fourth-order valence-corrected chi connectivity index (χ4v) is 3.20. The van der Waals surface area contributed by atoms with Crippen molar-refractivity contribution in [3.63, 3.8) is 0 Å². The topological polar surface area (TPSA) is 66.4 Å². The molecular formula is C14H17NO3S. The van der Waals surface area contributed by atoms with Crippen LogP contribution in [-0.4, -0.2) is 28.8 Å². The van der Waals surface area contributed by atoms with Crippen molar-refractivity contribution in [3.05, 3.63) is 29.8 Å². The third-order valence-electron chi connectivity index (χ3n) is 3.24. The number of fused-ring (bicyclic) bond motifs is 1. The number of amides is 1. The second-order valence-corrected chi connectivity index (χ2v) is 5.98. The van der Waals surface area contributed by atoms with Crippen LogP contribution in [0.1, 0.15) is 18.9 Å². The fraction of sp³-hybridized carbons (Fsp3) is 0.429. The highest BCUT2D eigenvalue weighted by atomic mass is 32.2. The van der Waals surface area contributed by atoms with Crippen LogP contribution in [0.4, 0.5) is 0 Å². The van der Waals surface area contributed by atoms with E-state index >= 15 is 0 Å². The Kier molecular flexibility index (Phi) is 4.47. The first kappa shape index (κ1) is 13.9. The van der Waals surface area contributed by atoms with E-state index in [9.17, 15) is 9.59 Å². The van der Waals surface area contributed by atoms with Crippen molar-refractivity contribution < 1.29 is 14.7 Å². The third kappa shape index (κ3) is 3.50. The van der Waals surface area contributed by atoms with Crippen LogP contribution in [-0.2, 0) is 16.0 Å². The summed E-state index contributed by atoms with van der Waals surface area (Å²) < 4.78 is 0. The monoisotopic (exact) mass is 279 g/mol. The molecule has 4 nitrogen and oxygen atoms in total. The number of carbonyl (C=O) groups excluding carboxylic acids is 1. The molecule has 1 aliphatic heterocycles. The molecule has 0 bridgehead atoms. The van der Waals surface area contributed by atoms with E-state index in [1.54, 1.807) is 18.7 Å². The van der Waals surface area contributed by atoms with Crippen molar-refractivity contribution in [3.8, 4) is 0 Å². The number of hydrogen-bond donors (Lipinski definition) is 2. The molecule has 102 valence electrons. The van der Waals surface area contributed by atoms with Crippen molar-refractivity contribution in [1.82, 2.24) is 5.32 Å². The molecule has 1 aromatic carbocycles. The first-order valence-electron chi connectivity index (χ1n) is 6.33. The van der Waals surface area contributed by atoms with Crippen molar-refractivity contribution in [2.45, 2.75) is 29.9 Å². The SMILES string of the molecule is CC(CCNC(=O)C1Cc2ccccc2S1)C(=O)O. The number of nitrogens with one attached hydrogen (secondary N) is 1. The number of carboxylic acid groups (broad SMARTS) is 1. The van der Waals surface area contributed by atoms with Gasteiger partial charge in [-0.2, -0.15) is 0 Å². The van der Waals surface area contributed by atoms with E-state index in [4.69, 9.17) is 5.11 Å². The predicted molar refractivity (Wildman–Crippen MR) is 74.2 cm³/mol. The summed E-state index contributed by atoms with van der Waals surface area (Å²) in [6, 6.07) is 8.02. The van der Waals surface area contributed by atoms with E-state index in [0.717, 1.165) is 6.42 Å². The normalized spacial score (nSPS) is 18.7. The van der Waals surface area contributed by atoms with Gasteiger partial charge in [0.15, 0.2) is 0 Å². The summed E-state index contributed by atoms with van der Waals surface area (Å²) in [7, 11) is 0. The third-order valence-corrected chi connectivity index (χ3v) is 4.56. The number of hydrogen-bond acceptors (Lipinski definition) is 3. The van der Waals surface area contributed by atoms with Crippen LogP contribution < -0.4 is 5.32 Å². The minimum Gasteiger partial charge on any atom is -0.481 e. The van der Waals surface area contributed by atoms with E-state index in [0.29, 0.717) is 13.0 Å². The van der Waals surface area contributed by atoms with Gasteiger partial charge >= 0.3 is 5.97 Å². The lowest BCUT2D eigenvalue weighted by Gasteiger charge is -2.11. The van der Waals surface area contributed by atoms with E-state index in [1.807, 2.05) is 24.3 Å². The van der Waals surface area contributed by atoms with Gasteiger partial charge in [0.2, 0.25) is 5.91 Å². The molecule has 2 unspecified atom stereocenters. The summed E-state index contributed by atoms with van der Waals surface area (Å²) in [5.41, 5.74) is 1.21. The zero-order chi connectivity index (χ0) is 13.8. The molecule has 1 aliphatic rings. The maximum Gasteiger partial charge on any atom is 0.306 e. The Hall–Kier alpha value is -1.49. The average molecular weight is 279 g/mol. The Morgan fingerprint density at radius 3 is 2.89 bits per heavy atom. The van der Waals surface area contributed by atoms with Crippen LogP contribution >= 0.6 is 11.8 Å². The average Bonchev–Trinajstić information content (AvgIpc) is 2.82. The van der Waals surface area contributed by atoms with Crippen molar-refractivity contribution in [2.24, 2.45) is 5.92 Å². The highest BCUT2D eigenvalue weighted by molar-refractivity contribution is 8.01. The number of aliphatic carboxylic acids is 1. The van der Waals surface area contributed by atoms with Crippen LogP contribution in [0.5, 0.6) is 0 Å². The van der Waals surface area contributed by atoms with Gasteiger partial charge in [0.05, 0.1) is 11.2 Å². The maximum absolute atomic E-state index is 12.0. The van der Waals surface area contributed by atoms with E-state index in [2.05, 4.69) is 5.32 Å².